The van der Waals surface area contributed by atoms with Crippen LogP contribution >= 0.6 is 0 Å². The molecular formula is C17H16N4O. The van der Waals surface area contributed by atoms with Gasteiger partial charge in [-0.15, -0.1) is 0 Å². The molecule has 3 N–H and O–H groups in total. The Bertz CT molecular complexity index is 881. The molecule has 110 valence electrons. The molecule has 0 unspecified atom stereocenters. The van der Waals surface area contributed by atoms with Gasteiger partial charge in [-0.05, 0) is 42.7 Å². The third-order valence-corrected chi connectivity index (χ3v) is 4.14. The van der Waals surface area contributed by atoms with Crippen molar-refractivity contribution >= 4 is 22.6 Å². The lowest BCUT2D eigenvalue weighted by Crippen LogP contribution is -2.13. The predicted octanol–water partition coefficient (Wildman–Crippen LogP) is 2.48. The van der Waals surface area contributed by atoms with Crippen LogP contribution in [0.3, 0.4) is 0 Å². The van der Waals surface area contributed by atoms with Crippen LogP contribution < -0.4 is 11.1 Å². The lowest BCUT2D eigenvalue weighted by atomic mass is 10.1. The van der Waals surface area contributed by atoms with E-state index >= 15 is 0 Å². The molecule has 0 saturated heterocycles. The van der Waals surface area contributed by atoms with E-state index in [0.29, 0.717) is 5.56 Å². The van der Waals surface area contributed by atoms with Gasteiger partial charge in [0.25, 0.3) is 0 Å². The molecule has 3 aromatic rings. The number of benzene rings is 1. The molecule has 0 aliphatic carbocycles. The molecule has 0 bridgehead atoms. The van der Waals surface area contributed by atoms with Crippen LogP contribution in [0.5, 0.6) is 0 Å². The summed E-state index contributed by atoms with van der Waals surface area (Å²) < 4.78 is 2.05. The van der Waals surface area contributed by atoms with E-state index in [0.717, 1.165) is 41.8 Å². The van der Waals surface area contributed by atoms with E-state index in [1.54, 1.807) is 6.07 Å². The number of nitrogens with one attached hydrogen (secondary N) is 1. The monoisotopic (exact) mass is 292 g/mol. The molecule has 0 spiro atoms. The summed E-state index contributed by atoms with van der Waals surface area (Å²) in [6.07, 6.45) is 5.97. The summed E-state index contributed by atoms with van der Waals surface area (Å²) in [5.41, 5.74) is 9.19. The maximum absolute atomic E-state index is 11.5. The van der Waals surface area contributed by atoms with Crippen LogP contribution in [0.4, 0.5) is 5.82 Å². The van der Waals surface area contributed by atoms with Crippen LogP contribution in [-0.4, -0.2) is 22.0 Å². The number of carbonyl (C=O) groups excluding carboxylic acids is 1. The van der Waals surface area contributed by atoms with E-state index in [-0.39, 0.29) is 0 Å². The summed E-state index contributed by atoms with van der Waals surface area (Å²) in [6.45, 7) is 0.980. The molecule has 1 aromatic carbocycles. The molecule has 0 saturated carbocycles. The molecule has 1 aliphatic rings. The molecule has 0 radical (unpaired) electrons. The topological polar surface area (TPSA) is 72.9 Å². The number of hydrogen-bond donors (Lipinski definition) is 2. The van der Waals surface area contributed by atoms with Crippen molar-refractivity contribution in [2.75, 3.05) is 11.9 Å². The number of pyridine rings is 1. The molecule has 1 amide bonds. The molecule has 0 atom stereocenters. The molecule has 2 aromatic heterocycles. The Kier molecular flexibility index (Phi) is 2.85. The summed E-state index contributed by atoms with van der Waals surface area (Å²) >= 11 is 0. The largest absolute Gasteiger partial charge is 0.370 e. The zero-order valence-corrected chi connectivity index (χ0v) is 12.0. The van der Waals surface area contributed by atoms with E-state index in [9.17, 15) is 4.79 Å². The van der Waals surface area contributed by atoms with Crippen LogP contribution in [0.15, 0.2) is 42.7 Å². The summed E-state index contributed by atoms with van der Waals surface area (Å²) in [5, 5.41) is 4.18. The van der Waals surface area contributed by atoms with Gasteiger partial charge < -0.3 is 15.6 Å². The Morgan fingerprint density at radius 3 is 3.09 bits per heavy atom. The van der Waals surface area contributed by atoms with Crippen molar-refractivity contribution in [3.8, 4) is 5.69 Å². The number of aryl methyl sites for hydroxylation is 1. The third-order valence-electron chi connectivity index (χ3n) is 4.14. The summed E-state index contributed by atoms with van der Waals surface area (Å²) in [4.78, 5) is 16.1. The van der Waals surface area contributed by atoms with Gasteiger partial charge in [-0.1, -0.05) is 6.07 Å². The van der Waals surface area contributed by atoms with Crippen molar-refractivity contribution in [3.63, 3.8) is 0 Å². The molecule has 1 aliphatic heterocycles. The van der Waals surface area contributed by atoms with Crippen LogP contribution in [0, 0.1) is 0 Å². The van der Waals surface area contributed by atoms with Crippen molar-refractivity contribution < 1.29 is 4.79 Å². The smallest absolute Gasteiger partial charge is 0.249 e. The zero-order valence-electron chi connectivity index (χ0n) is 12.0. The fourth-order valence-electron chi connectivity index (χ4n) is 3.07. The van der Waals surface area contributed by atoms with Crippen LogP contribution in [0.1, 0.15) is 22.3 Å². The van der Waals surface area contributed by atoms with Gasteiger partial charge in [-0.3, -0.25) is 4.79 Å². The maximum atomic E-state index is 11.5. The van der Waals surface area contributed by atoms with Gasteiger partial charge in [0.1, 0.15) is 5.82 Å². The van der Waals surface area contributed by atoms with Gasteiger partial charge in [0.15, 0.2) is 0 Å². The number of hydrogen-bond acceptors (Lipinski definition) is 3. The second-order valence-electron chi connectivity index (χ2n) is 5.52. The summed E-state index contributed by atoms with van der Waals surface area (Å²) in [5.74, 6) is 0.570. The highest BCUT2D eigenvalue weighted by atomic mass is 16.1. The molecular weight excluding hydrogens is 276 g/mol. The SMILES string of the molecule is NC(=O)c1cccc2c1ccn2-c1cnc2c(c1)CCCN2. The molecule has 3 heterocycles. The highest BCUT2D eigenvalue weighted by Gasteiger charge is 2.13. The average Bonchev–Trinajstić information content (AvgIpc) is 2.98. The molecule has 4 rings (SSSR count). The van der Waals surface area contributed by atoms with Gasteiger partial charge in [0.2, 0.25) is 5.91 Å². The number of rotatable bonds is 2. The highest BCUT2D eigenvalue weighted by Crippen LogP contribution is 2.26. The summed E-state index contributed by atoms with van der Waals surface area (Å²) in [7, 11) is 0. The lowest BCUT2D eigenvalue weighted by Gasteiger charge is -2.18. The highest BCUT2D eigenvalue weighted by molar-refractivity contribution is 6.06. The molecule has 5 nitrogen and oxygen atoms in total. The van der Waals surface area contributed by atoms with Gasteiger partial charge in [0, 0.05) is 23.7 Å². The minimum atomic E-state index is -0.406. The van der Waals surface area contributed by atoms with Gasteiger partial charge in [-0.2, -0.15) is 0 Å². The first-order valence-corrected chi connectivity index (χ1v) is 7.37. The first kappa shape index (κ1) is 12.9. The Balaban J connectivity index is 1.88. The van der Waals surface area contributed by atoms with Crippen molar-refractivity contribution in [2.45, 2.75) is 12.8 Å². The molecule has 5 heteroatoms. The normalized spacial score (nSPS) is 13.6. The van der Waals surface area contributed by atoms with Crippen LogP contribution in [-0.2, 0) is 6.42 Å². The van der Waals surface area contributed by atoms with Gasteiger partial charge in [-0.25, -0.2) is 4.98 Å². The Hall–Kier alpha value is -2.82. The Morgan fingerprint density at radius 1 is 1.32 bits per heavy atom. The van der Waals surface area contributed by atoms with E-state index in [4.69, 9.17) is 5.73 Å². The number of primary amides is 1. The number of aromatic nitrogens is 2. The first-order chi connectivity index (χ1) is 10.7. The maximum Gasteiger partial charge on any atom is 0.249 e. The molecule has 0 fully saturated rings. The number of nitrogens with two attached hydrogens (primary N) is 1. The second-order valence-corrected chi connectivity index (χ2v) is 5.52. The number of nitrogens with zero attached hydrogens (tertiary/aromatic N) is 2. The van der Waals surface area contributed by atoms with Crippen molar-refractivity contribution in [1.29, 1.82) is 0 Å². The number of carbonyl (C=O) groups is 1. The first-order valence-electron chi connectivity index (χ1n) is 7.37. The number of amides is 1. The Labute approximate surface area is 127 Å². The van der Waals surface area contributed by atoms with Crippen molar-refractivity contribution in [3.05, 3.63) is 53.9 Å². The zero-order chi connectivity index (χ0) is 15.1. The fourth-order valence-corrected chi connectivity index (χ4v) is 3.07. The van der Waals surface area contributed by atoms with E-state index < -0.39 is 5.91 Å². The predicted molar refractivity (Wildman–Crippen MR) is 86.4 cm³/mol. The second kappa shape index (κ2) is 4.87. The van der Waals surface area contributed by atoms with Gasteiger partial charge >= 0.3 is 0 Å². The van der Waals surface area contributed by atoms with Crippen molar-refractivity contribution in [2.24, 2.45) is 5.73 Å². The van der Waals surface area contributed by atoms with Gasteiger partial charge in [0.05, 0.1) is 17.4 Å². The minimum absolute atomic E-state index is 0.406. The van der Waals surface area contributed by atoms with E-state index in [1.807, 2.05) is 35.2 Å². The number of anilines is 1. The summed E-state index contributed by atoms with van der Waals surface area (Å²) in [6, 6.07) is 9.67. The van der Waals surface area contributed by atoms with Crippen molar-refractivity contribution in [1.82, 2.24) is 9.55 Å². The fraction of sp³-hybridized carbons (Fsp3) is 0.176. The third kappa shape index (κ3) is 1.94. The minimum Gasteiger partial charge on any atom is -0.370 e. The molecule has 22 heavy (non-hydrogen) atoms. The lowest BCUT2D eigenvalue weighted by molar-refractivity contribution is 0.100. The quantitative estimate of drug-likeness (QED) is 0.762. The van der Waals surface area contributed by atoms with Crippen LogP contribution in [0.25, 0.3) is 16.6 Å². The Morgan fingerprint density at radius 2 is 2.23 bits per heavy atom. The average molecular weight is 292 g/mol. The van der Waals surface area contributed by atoms with E-state index in [1.165, 1.54) is 5.56 Å². The van der Waals surface area contributed by atoms with Crippen LogP contribution in [0.2, 0.25) is 0 Å². The standard InChI is InChI=1S/C17H16N4O/c18-16(22)14-4-1-5-15-13(14)6-8-21(15)12-9-11-3-2-7-19-17(11)20-10-12/h1,4-6,8-10H,2-3,7H2,(H2,18,22)(H,19,20). The van der Waals surface area contributed by atoms with E-state index in [2.05, 4.69) is 16.4 Å². The number of fused-ring (bicyclic) bond motifs is 2.